The highest BCUT2D eigenvalue weighted by Crippen LogP contribution is 2.17. The van der Waals surface area contributed by atoms with Crippen molar-refractivity contribution < 1.29 is 4.79 Å². The van der Waals surface area contributed by atoms with Gasteiger partial charge in [-0.2, -0.15) is 0 Å². The molecule has 0 radical (unpaired) electrons. The second-order valence-electron chi connectivity index (χ2n) is 3.86. The van der Waals surface area contributed by atoms with Crippen LogP contribution >= 0.6 is 0 Å². The molecule has 0 aromatic rings. The Labute approximate surface area is 80.1 Å². The van der Waals surface area contributed by atoms with Crippen LogP contribution in [0.4, 0.5) is 0 Å². The lowest BCUT2D eigenvalue weighted by atomic mass is 9.89. The van der Waals surface area contributed by atoms with Crippen LogP contribution in [0.2, 0.25) is 0 Å². The van der Waals surface area contributed by atoms with Crippen LogP contribution in [0.1, 0.15) is 32.6 Å². The normalized spacial score (nSPS) is 21.4. The van der Waals surface area contributed by atoms with Crippen LogP contribution in [-0.4, -0.2) is 24.9 Å². The third kappa shape index (κ3) is 3.44. The molecule has 0 saturated carbocycles. The summed E-state index contributed by atoms with van der Waals surface area (Å²) < 4.78 is 0. The summed E-state index contributed by atoms with van der Waals surface area (Å²) >= 11 is 0. The molecule has 1 unspecified atom stereocenters. The molecule has 13 heavy (non-hydrogen) atoms. The van der Waals surface area contributed by atoms with Gasteiger partial charge in [0, 0.05) is 6.42 Å². The maximum Gasteiger partial charge on any atom is 0.149 e. The van der Waals surface area contributed by atoms with Gasteiger partial charge in [0.15, 0.2) is 0 Å². The van der Waals surface area contributed by atoms with Crippen LogP contribution in [0.5, 0.6) is 0 Å². The molecule has 3 nitrogen and oxygen atoms in total. The number of carbonyl (C=O) groups excluding carboxylic acids is 1. The second-order valence-corrected chi connectivity index (χ2v) is 3.86. The van der Waals surface area contributed by atoms with Crippen molar-refractivity contribution in [1.29, 1.82) is 0 Å². The van der Waals surface area contributed by atoms with E-state index in [-0.39, 0.29) is 11.8 Å². The molecule has 0 aromatic heterocycles. The minimum Gasteiger partial charge on any atom is -0.322 e. The zero-order valence-corrected chi connectivity index (χ0v) is 8.38. The zero-order chi connectivity index (χ0) is 9.68. The maximum atomic E-state index is 11.2. The quantitative estimate of drug-likeness (QED) is 0.675. The fourth-order valence-corrected chi connectivity index (χ4v) is 1.87. The Kier molecular flexibility index (Phi) is 4.39. The van der Waals surface area contributed by atoms with Gasteiger partial charge in [0.25, 0.3) is 0 Å². The van der Waals surface area contributed by atoms with Crippen LogP contribution in [0.3, 0.4) is 0 Å². The fourth-order valence-electron chi connectivity index (χ4n) is 1.87. The predicted molar refractivity (Wildman–Crippen MR) is 53.5 cm³/mol. The van der Waals surface area contributed by atoms with Gasteiger partial charge in [-0.15, -0.1) is 0 Å². The number of ketones is 1. The number of hydrogen-bond acceptors (Lipinski definition) is 3. The monoisotopic (exact) mass is 184 g/mol. The molecule has 1 atom stereocenters. The molecule has 0 amide bonds. The van der Waals surface area contributed by atoms with Gasteiger partial charge in [0.2, 0.25) is 0 Å². The zero-order valence-electron chi connectivity index (χ0n) is 8.38. The molecule has 1 rings (SSSR count). The summed E-state index contributed by atoms with van der Waals surface area (Å²) in [5.74, 6) is 0.866. The van der Waals surface area contributed by atoms with Gasteiger partial charge < -0.3 is 11.1 Å². The highest BCUT2D eigenvalue weighted by Gasteiger charge is 2.19. The van der Waals surface area contributed by atoms with E-state index in [1.807, 2.05) is 6.92 Å². The van der Waals surface area contributed by atoms with Crippen molar-refractivity contribution in [3.63, 3.8) is 0 Å². The second kappa shape index (κ2) is 5.35. The lowest BCUT2D eigenvalue weighted by Gasteiger charge is -2.24. The Hall–Kier alpha value is -0.410. The van der Waals surface area contributed by atoms with Gasteiger partial charge in [0.05, 0.1) is 6.04 Å². The first kappa shape index (κ1) is 10.7. The van der Waals surface area contributed by atoms with E-state index in [0.717, 1.165) is 19.5 Å². The van der Waals surface area contributed by atoms with E-state index >= 15 is 0 Å². The van der Waals surface area contributed by atoms with Gasteiger partial charge >= 0.3 is 0 Å². The first-order valence-electron chi connectivity index (χ1n) is 5.23. The smallest absolute Gasteiger partial charge is 0.149 e. The van der Waals surface area contributed by atoms with Gasteiger partial charge in [-0.3, -0.25) is 4.79 Å². The van der Waals surface area contributed by atoms with Crippen LogP contribution in [0.15, 0.2) is 0 Å². The first-order chi connectivity index (χ1) is 6.24. The van der Waals surface area contributed by atoms with E-state index in [2.05, 4.69) is 5.32 Å². The molecule has 0 aromatic carbocycles. The molecule has 1 aliphatic heterocycles. The standard InChI is InChI=1S/C10H20N2O/c1-2-10(13)9(11)7-8-3-5-12-6-4-8/h8-9,12H,2-7,11H2,1H3. The van der Waals surface area contributed by atoms with Crippen molar-refractivity contribution in [2.75, 3.05) is 13.1 Å². The summed E-state index contributed by atoms with van der Waals surface area (Å²) in [6, 6.07) is -0.215. The number of piperidine rings is 1. The molecule has 0 aliphatic carbocycles. The molecule has 1 heterocycles. The molecule has 3 heteroatoms. The molecule has 0 spiro atoms. The Morgan fingerprint density at radius 2 is 2.15 bits per heavy atom. The topological polar surface area (TPSA) is 55.1 Å². The highest BCUT2D eigenvalue weighted by molar-refractivity contribution is 5.83. The van der Waals surface area contributed by atoms with Crippen LogP contribution in [-0.2, 0) is 4.79 Å². The molecule has 3 N–H and O–H groups in total. The minimum absolute atomic E-state index is 0.207. The summed E-state index contributed by atoms with van der Waals surface area (Å²) in [6.07, 6.45) is 3.80. The predicted octanol–water partition coefficient (Wildman–Crippen LogP) is 0.682. The van der Waals surface area contributed by atoms with Crippen LogP contribution < -0.4 is 11.1 Å². The van der Waals surface area contributed by atoms with E-state index in [4.69, 9.17) is 5.73 Å². The largest absolute Gasteiger partial charge is 0.322 e. The molecule has 1 fully saturated rings. The van der Waals surface area contributed by atoms with Crippen molar-refractivity contribution in [3.05, 3.63) is 0 Å². The Morgan fingerprint density at radius 1 is 1.54 bits per heavy atom. The van der Waals surface area contributed by atoms with Gasteiger partial charge in [-0.25, -0.2) is 0 Å². The van der Waals surface area contributed by atoms with E-state index in [1.54, 1.807) is 0 Å². The lowest BCUT2D eigenvalue weighted by Crippen LogP contribution is -2.36. The minimum atomic E-state index is -0.215. The number of hydrogen-bond donors (Lipinski definition) is 2. The molecular formula is C10H20N2O. The summed E-state index contributed by atoms with van der Waals surface area (Å²) in [7, 11) is 0. The van der Waals surface area contributed by atoms with Crippen molar-refractivity contribution in [1.82, 2.24) is 5.32 Å². The number of nitrogens with two attached hydrogens (primary N) is 1. The molecular weight excluding hydrogens is 164 g/mol. The summed E-state index contributed by atoms with van der Waals surface area (Å²) in [5, 5.41) is 3.31. The van der Waals surface area contributed by atoms with Crippen molar-refractivity contribution in [2.45, 2.75) is 38.6 Å². The Balaban J connectivity index is 2.25. The van der Waals surface area contributed by atoms with Gasteiger partial charge in [-0.05, 0) is 38.3 Å². The van der Waals surface area contributed by atoms with E-state index in [1.165, 1.54) is 12.8 Å². The summed E-state index contributed by atoms with van der Waals surface area (Å²) in [5.41, 5.74) is 5.79. The Bertz CT molecular complexity index is 164. The molecule has 0 bridgehead atoms. The van der Waals surface area contributed by atoms with Gasteiger partial charge in [0.1, 0.15) is 5.78 Å². The molecule has 1 aliphatic rings. The number of Topliss-reactive ketones (excluding diaryl/α,β-unsaturated/α-hetero) is 1. The number of nitrogens with one attached hydrogen (secondary N) is 1. The van der Waals surface area contributed by atoms with E-state index in [0.29, 0.717) is 12.3 Å². The van der Waals surface area contributed by atoms with Crippen molar-refractivity contribution in [3.8, 4) is 0 Å². The average Bonchev–Trinajstić information content (AvgIpc) is 2.18. The van der Waals surface area contributed by atoms with Crippen LogP contribution in [0, 0.1) is 5.92 Å². The molecule has 1 saturated heterocycles. The lowest BCUT2D eigenvalue weighted by molar-refractivity contribution is -0.120. The van der Waals surface area contributed by atoms with E-state index in [9.17, 15) is 4.79 Å². The van der Waals surface area contributed by atoms with Crippen molar-refractivity contribution >= 4 is 5.78 Å². The SMILES string of the molecule is CCC(=O)C(N)CC1CCNCC1. The molecule has 76 valence electrons. The highest BCUT2D eigenvalue weighted by atomic mass is 16.1. The first-order valence-corrected chi connectivity index (χ1v) is 5.23. The van der Waals surface area contributed by atoms with Crippen molar-refractivity contribution in [2.24, 2.45) is 11.7 Å². The van der Waals surface area contributed by atoms with E-state index < -0.39 is 0 Å². The summed E-state index contributed by atoms with van der Waals surface area (Å²) in [4.78, 5) is 11.2. The summed E-state index contributed by atoms with van der Waals surface area (Å²) in [6.45, 7) is 4.04. The maximum absolute atomic E-state index is 11.2. The number of carbonyl (C=O) groups is 1. The third-order valence-electron chi connectivity index (χ3n) is 2.81. The third-order valence-corrected chi connectivity index (χ3v) is 2.81. The fraction of sp³-hybridized carbons (Fsp3) is 0.900. The average molecular weight is 184 g/mol. The number of rotatable bonds is 4. The Morgan fingerprint density at radius 3 is 2.69 bits per heavy atom. The van der Waals surface area contributed by atoms with Gasteiger partial charge in [-0.1, -0.05) is 6.92 Å². The van der Waals surface area contributed by atoms with Crippen LogP contribution in [0.25, 0.3) is 0 Å².